The molecule has 0 spiro atoms. The van der Waals surface area contributed by atoms with Gasteiger partial charge in [0.2, 0.25) is 0 Å². The van der Waals surface area contributed by atoms with Gasteiger partial charge in [-0.1, -0.05) is 0 Å². The molecular formula is C11H19ClN2O3. The zero-order chi connectivity index (χ0) is 11.8. The van der Waals surface area contributed by atoms with E-state index in [0.29, 0.717) is 18.9 Å². The molecule has 0 radical (unpaired) electrons. The molecule has 17 heavy (non-hydrogen) atoms. The Morgan fingerprint density at radius 2 is 2.18 bits per heavy atom. The van der Waals surface area contributed by atoms with E-state index in [4.69, 9.17) is 9.15 Å². The second kappa shape index (κ2) is 9.04. The third kappa shape index (κ3) is 5.72. The zero-order valence-corrected chi connectivity index (χ0v) is 10.9. The highest BCUT2D eigenvalue weighted by Crippen LogP contribution is 2.07. The van der Waals surface area contributed by atoms with Crippen LogP contribution in [0, 0.1) is 6.92 Å². The fourth-order valence-electron chi connectivity index (χ4n) is 1.25. The standard InChI is InChI=1S/C11H18N2O3.ClH/c1-9-3-7-16-10(9)11(14)13-5-4-12-6-8-15-2;/h3,7,12H,4-6,8H2,1-2H3,(H,13,14);1H. The summed E-state index contributed by atoms with van der Waals surface area (Å²) in [5.41, 5.74) is 0.852. The van der Waals surface area contributed by atoms with Gasteiger partial charge in [0, 0.05) is 32.3 Å². The van der Waals surface area contributed by atoms with E-state index in [1.165, 1.54) is 6.26 Å². The van der Waals surface area contributed by atoms with Crippen LogP contribution in [0.25, 0.3) is 0 Å². The molecule has 6 heteroatoms. The van der Waals surface area contributed by atoms with Crippen LogP contribution in [-0.4, -0.2) is 39.3 Å². The number of methoxy groups -OCH3 is 1. The van der Waals surface area contributed by atoms with Gasteiger partial charge < -0.3 is 19.8 Å². The van der Waals surface area contributed by atoms with Crippen LogP contribution >= 0.6 is 12.4 Å². The molecule has 0 bridgehead atoms. The van der Waals surface area contributed by atoms with Crippen molar-refractivity contribution in [3.63, 3.8) is 0 Å². The number of amides is 1. The summed E-state index contributed by atoms with van der Waals surface area (Å²) in [7, 11) is 1.66. The molecule has 0 saturated heterocycles. The first-order chi connectivity index (χ1) is 7.75. The van der Waals surface area contributed by atoms with Crippen LogP contribution in [0.15, 0.2) is 16.7 Å². The molecule has 0 saturated carbocycles. The molecule has 0 unspecified atom stereocenters. The van der Waals surface area contributed by atoms with Gasteiger partial charge in [-0.25, -0.2) is 0 Å². The lowest BCUT2D eigenvalue weighted by Crippen LogP contribution is -2.33. The number of halogens is 1. The number of aryl methyl sites for hydroxylation is 1. The summed E-state index contributed by atoms with van der Waals surface area (Å²) in [6.45, 7) is 4.59. The molecule has 5 nitrogen and oxygen atoms in total. The second-order valence-corrected chi connectivity index (χ2v) is 3.43. The summed E-state index contributed by atoms with van der Waals surface area (Å²) < 4.78 is 9.95. The fraction of sp³-hybridized carbons (Fsp3) is 0.545. The molecular weight excluding hydrogens is 244 g/mol. The minimum Gasteiger partial charge on any atom is -0.459 e. The molecule has 0 aliphatic heterocycles. The van der Waals surface area contributed by atoms with E-state index in [1.54, 1.807) is 13.2 Å². The van der Waals surface area contributed by atoms with E-state index in [0.717, 1.165) is 18.7 Å². The Morgan fingerprint density at radius 1 is 1.41 bits per heavy atom. The van der Waals surface area contributed by atoms with Crippen molar-refractivity contribution in [2.45, 2.75) is 6.92 Å². The number of furan rings is 1. The Bertz CT molecular complexity index is 328. The van der Waals surface area contributed by atoms with Gasteiger partial charge >= 0.3 is 0 Å². The first-order valence-electron chi connectivity index (χ1n) is 5.27. The van der Waals surface area contributed by atoms with Crippen LogP contribution in [0.5, 0.6) is 0 Å². The predicted octanol–water partition coefficient (Wildman–Crippen LogP) is 0.976. The van der Waals surface area contributed by atoms with E-state index in [9.17, 15) is 4.79 Å². The Balaban J connectivity index is 0.00000256. The molecule has 0 aliphatic rings. The van der Waals surface area contributed by atoms with Crippen LogP contribution in [0.2, 0.25) is 0 Å². The average Bonchev–Trinajstić information content (AvgIpc) is 2.69. The molecule has 98 valence electrons. The van der Waals surface area contributed by atoms with Gasteiger partial charge in [0.1, 0.15) is 0 Å². The van der Waals surface area contributed by atoms with Crippen molar-refractivity contribution in [1.82, 2.24) is 10.6 Å². The number of rotatable bonds is 7. The maximum atomic E-state index is 11.6. The molecule has 0 atom stereocenters. The Hall–Kier alpha value is -1.04. The number of nitrogens with one attached hydrogen (secondary N) is 2. The molecule has 0 aromatic carbocycles. The topological polar surface area (TPSA) is 63.5 Å². The lowest BCUT2D eigenvalue weighted by molar-refractivity contribution is 0.0925. The van der Waals surface area contributed by atoms with E-state index in [2.05, 4.69) is 10.6 Å². The molecule has 1 rings (SSSR count). The smallest absolute Gasteiger partial charge is 0.287 e. The van der Waals surface area contributed by atoms with Crippen molar-refractivity contribution in [1.29, 1.82) is 0 Å². The van der Waals surface area contributed by atoms with Crippen molar-refractivity contribution in [2.75, 3.05) is 33.4 Å². The lowest BCUT2D eigenvalue weighted by Gasteiger charge is -2.05. The average molecular weight is 263 g/mol. The van der Waals surface area contributed by atoms with Crippen LogP contribution < -0.4 is 10.6 Å². The molecule has 1 aromatic rings. The molecule has 1 heterocycles. The van der Waals surface area contributed by atoms with Gasteiger partial charge in [0.05, 0.1) is 12.9 Å². The van der Waals surface area contributed by atoms with Crippen molar-refractivity contribution in [2.24, 2.45) is 0 Å². The van der Waals surface area contributed by atoms with Crippen LogP contribution in [-0.2, 0) is 4.74 Å². The van der Waals surface area contributed by atoms with Gasteiger partial charge in [-0.05, 0) is 13.0 Å². The number of carbonyl (C=O) groups excluding carboxylic acids is 1. The molecule has 0 fully saturated rings. The first-order valence-corrected chi connectivity index (χ1v) is 5.27. The van der Waals surface area contributed by atoms with Crippen molar-refractivity contribution in [3.8, 4) is 0 Å². The van der Waals surface area contributed by atoms with Crippen molar-refractivity contribution < 1.29 is 13.9 Å². The maximum Gasteiger partial charge on any atom is 0.287 e. The summed E-state index contributed by atoms with van der Waals surface area (Å²) in [4.78, 5) is 11.6. The highest BCUT2D eigenvalue weighted by atomic mass is 35.5. The lowest BCUT2D eigenvalue weighted by atomic mass is 10.3. The SMILES string of the molecule is COCCNCCNC(=O)c1occc1C.Cl. The van der Waals surface area contributed by atoms with Gasteiger partial charge in [-0.15, -0.1) is 12.4 Å². The number of ether oxygens (including phenoxy) is 1. The highest BCUT2D eigenvalue weighted by Gasteiger charge is 2.10. The summed E-state index contributed by atoms with van der Waals surface area (Å²) in [5.74, 6) is 0.216. The molecule has 2 N–H and O–H groups in total. The van der Waals surface area contributed by atoms with Gasteiger partial charge in [0.25, 0.3) is 5.91 Å². The van der Waals surface area contributed by atoms with Crippen molar-refractivity contribution in [3.05, 3.63) is 23.7 Å². The maximum absolute atomic E-state index is 11.6. The Labute approximate surface area is 107 Å². The first kappa shape index (κ1) is 16.0. The van der Waals surface area contributed by atoms with Crippen LogP contribution in [0.4, 0.5) is 0 Å². The van der Waals surface area contributed by atoms with E-state index >= 15 is 0 Å². The third-order valence-electron chi connectivity index (χ3n) is 2.14. The van der Waals surface area contributed by atoms with Gasteiger partial charge in [0.15, 0.2) is 5.76 Å². The predicted molar refractivity (Wildman–Crippen MR) is 67.8 cm³/mol. The summed E-state index contributed by atoms with van der Waals surface area (Å²) in [6.07, 6.45) is 1.51. The van der Waals surface area contributed by atoms with Crippen molar-refractivity contribution >= 4 is 18.3 Å². The normalized spacial score (nSPS) is 9.76. The Morgan fingerprint density at radius 3 is 2.76 bits per heavy atom. The van der Waals surface area contributed by atoms with Gasteiger partial charge in [-0.2, -0.15) is 0 Å². The largest absolute Gasteiger partial charge is 0.459 e. The second-order valence-electron chi connectivity index (χ2n) is 3.43. The number of hydrogen-bond donors (Lipinski definition) is 2. The molecule has 0 aliphatic carbocycles. The minimum absolute atomic E-state index is 0. The Kier molecular flexibility index (Phi) is 8.49. The number of hydrogen-bond acceptors (Lipinski definition) is 4. The third-order valence-corrected chi connectivity index (χ3v) is 2.14. The molecule has 1 aromatic heterocycles. The fourth-order valence-corrected chi connectivity index (χ4v) is 1.25. The van der Waals surface area contributed by atoms with Crippen LogP contribution in [0.1, 0.15) is 16.1 Å². The number of carbonyl (C=O) groups is 1. The van der Waals surface area contributed by atoms with E-state index in [1.807, 2.05) is 6.92 Å². The molecule has 1 amide bonds. The summed E-state index contributed by atoms with van der Waals surface area (Å²) in [5, 5.41) is 5.90. The van der Waals surface area contributed by atoms with Crippen LogP contribution in [0.3, 0.4) is 0 Å². The minimum atomic E-state index is -0.170. The summed E-state index contributed by atoms with van der Waals surface area (Å²) in [6, 6.07) is 1.77. The quantitative estimate of drug-likeness (QED) is 0.719. The van der Waals surface area contributed by atoms with E-state index < -0.39 is 0 Å². The summed E-state index contributed by atoms with van der Waals surface area (Å²) >= 11 is 0. The monoisotopic (exact) mass is 262 g/mol. The van der Waals surface area contributed by atoms with E-state index in [-0.39, 0.29) is 18.3 Å². The zero-order valence-electron chi connectivity index (χ0n) is 10.1. The van der Waals surface area contributed by atoms with Gasteiger partial charge in [-0.3, -0.25) is 4.79 Å². The highest BCUT2D eigenvalue weighted by molar-refractivity contribution is 5.92.